The Morgan fingerprint density at radius 2 is 1.94 bits per heavy atom. The van der Waals surface area contributed by atoms with Crippen LogP contribution in [0, 0.1) is 5.92 Å². The molecule has 1 aliphatic rings. The maximum absolute atomic E-state index is 12.8. The molecule has 1 fully saturated rings. The van der Waals surface area contributed by atoms with Crippen LogP contribution in [0.3, 0.4) is 0 Å². The Balaban J connectivity index is 1.79. The zero-order valence-electron chi connectivity index (χ0n) is 17.7. The minimum atomic E-state index is -0.740. The average molecular weight is 483 g/mol. The maximum Gasteiger partial charge on any atom is 0.330 e. The standard InChI is InChI=1S/C22H24Cl2N2O6/c1-3-13(9-14(28)10-15-16(23)5-4-6-17(15)24)21-18(31-12(2)27)11-20(32-21)26-8-7-19(29)25-22(26)30/h4-8,13,18,20-21H,3,9-11H2,1-2H3,(H,25,29,30)/t13?,18?,20-,21-/m0/s1. The number of carbonyl (C=O) groups is 2. The van der Waals surface area contributed by atoms with Crippen LogP contribution in [0.1, 0.15) is 44.9 Å². The van der Waals surface area contributed by atoms with Gasteiger partial charge in [0.1, 0.15) is 24.2 Å². The largest absolute Gasteiger partial charge is 0.460 e. The number of Topliss-reactive ketones (excluding diaryl/α,β-unsaturated/α-hetero) is 1. The first-order valence-electron chi connectivity index (χ1n) is 10.3. The van der Waals surface area contributed by atoms with Crippen molar-refractivity contribution < 1.29 is 19.1 Å². The number of hydrogen-bond donors (Lipinski definition) is 1. The quantitative estimate of drug-likeness (QED) is 0.578. The molecule has 2 unspecified atom stereocenters. The van der Waals surface area contributed by atoms with E-state index in [-0.39, 0.29) is 31.0 Å². The van der Waals surface area contributed by atoms with E-state index in [0.717, 1.165) is 0 Å². The second-order valence-electron chi connectivity index (χ2n) is 7.74. The number of ether oxygens (including phenoxy) is 2. The van der Waals surface area contributed by atoms with Gasteiger partial charge in [-0.1, -0.05) is 42.6 Å². The van der Waals surface area contributed by atoms with Crippen LogP contribution in [-0.2, 0) is 25.5 Å². The van der Waals surface area contributed by atoms with Gasteiger partial charge in [-0.05, 0) is 23.6 Å². The fraction of sp³-hybridized carbons (Fsp3) is 0.455. The minimum absolute atomic E-state index is 0.0722. The van der Waals surface area contributed by atoms with Gasteiger partial charge >= 0.3 is 11.7 Å². The molecule has 32 heavy (non-hydrogen) atoms. The zero-order valence-corrected chi connectivity index (χ0v) is 19.2. The summed E-state index contributed by atoms with van der Waals surface area (Å²) in [5.74, 6) is -0.833. The second kappa shape index (κ2) is 10.5. The molecule has 0 aliphatic carbocycles. The number of ketones is 1. The first-order chi connectivity index (χ1) is 15.2. The highest BCUT2D eigenvalue weighted by molar-refractivity contribution is 6.36. The van der Waals surface area contributed by atoms with Crippen LogP contribution in [0.5, 0.6) is 0 Å². The number of halogens is 2. The normalized spacial score (nSPS) is 21.3. The summed E-state index contributed by atoms with van der Waals surface area (Å²) in [7, 11) is 0. The Hall–Kier alpha value is -2.42. The maximum atomic E-state index is 12.8. The number of H-pyrrole nitrogens is 1. The molecule has 172 valence electrons. The fourth-order valence-corrected chi connectivity index (χ4v) is 4.52. The van der Waals surface area contributed by atoms with Gasteiger partial charge in [-0.3, -0.25) is 23.9 Å². The molecule has 1 saturated heterocycles. The molecule has 2 aromatic rings. The van der Waals surface area contributed by atoms with E-state index >= 15 is 0 Å². The molecule has 1 aliphatic heterocycles. The highest BCUT2D eigenvalue weighted by atomic mass is 35.5. The molecule has 1 aromatic carbocycles. The Kier molecular flexibility index (Phi) is 7.92. The summed E-state index contributed by atoms with van der Waals surface area (Å²) in [4.78, 5) is 50.2. The van der Waals surface area contributed by atoms with Gasteiger partial charge in [-0.25, -0.2) is 4.79 Å². The predicted molar refractivity (Wildman–Crippen MR) is 119 cm³/mol. The van der Waals surface area contributed by atoms with Gasteiger partial charge in [-0.15, -0.1) is 0 Å². The number of carbonyl (C=O) groups excluding carboxylic acids is 2. The second-order valence-corrected chi connectivity index (χ2v) is 8.56. The van der Waals surface area contributed by atoms with E-state index in [0.29, 0.717) is 22.0 Å². The lowest BCUT2D eigenvalue weighted by Crippen LogP contribution is -2.35. The Labute approximate surface area is 194 Å². The number of benzene rings is 1. The van der Waals surface area contributed by atoms with Crippen LogP contribution >= 0.6 is 23.2 Å². The smallest absolute Gasteiger partial charge is 0.330 e. The van der Waals surface area contributed by atoms with Crippen molar-refractivity contribution in [2.75, 3.05) is 0 Å². The van der Waals surface area contributed by atoms with E-state index in [2.05, 4.69) is 4.98 Å². The molecule has 0 amide bonds. The van der Waals surface area contributed by atoms with Gasteiger partial charge in [0.15, 0.2) is 0 Å². The SMILES string of the molecule is CCC(CC(=O)Cc1c(Cl)cccc1Cl)[C@@H]1O[C@H](n2ccc(=O)[nH]c2=O)CC1OC(C)=O. The van der Waals surface area contributed by atoms with E-state index in [1.54, 1.807) is 18.2 Å². The summed E-state index contributed by atoms with van der Waals surface area (Å²) in [6, 6.07) is 6.28. The van der Waals surface area contributed by atoms with E-state index in [4.69, 9.17) is 32.7 Å². The van der Waals surface area contributed by atoms with Crippen molar-refractivity contribution in [1.29, 1.82) is 0 Å². The van der Waals surface area contributed by atoms with Crippen molar-refractivity contribution in [3.8, 4) is 0 Å². The summed E-state index contributed by atoms with van der Waals surface area (Å²) in [6.07, 6.45) is 0.392. The average Bonchev–Trinajstić information content (AvgIpc) is 3.11. The van der Waals surface area contributed by atoms with Crippen LogP contribution in [0.15, 0.2) is 40.1 Å². The summed E-state index contributed by atoms with van der Waals surface area (Å²) in [5, 5.41) is 0.845. The Morgan fingerprint density at radius 3 is 2.53 bits per heavy atom. The fourth-order valence-electron chi connectivity index (χ4n) is 3.99. The highest BCUT2D eigenvalue weighted by Crippen LogP contribution is 2.37. The topological polar surface area (TPSA) is 107 Å². The summed E-state index contributed by atoms with van der Waals surface area (Å²) < 4.78 is 12.8. The van der Waals surface area contributed by atoms with Gasteiger partial charge in [0, 0.05) is 48.5 Å². The lowest BCUT2D eigenvalue weighted by molar-refractivity contribution is -0.151. The van der Waals surface area contributed by atoms with Crippen molar-refractivity contribution in [2.24, 2.45) is 5.92 Å². The number of rotatable bonds is 8. The number of esters is 1. The number of nitrogens with zero attached hydrogens (tertiary/aromatic N) is 1. The van der Waals surface area contributed by atoms with Crippen molar-refractivity contribution in [3.05, 3.63) is 66.9 Å². The summed E-state index contributed by atoms with van der Waals surface area (Å²) in [6.45, 7) is 3.20. The van der Waals surface area contributed by atoms with E-state index in [1.165, 1.54) is 23.8 Å². The molecule has 0 saturated carbocycles. The van der Waals surface area contributed by atoms with Crippen LogP contribution in [0.25, 0.3) is 0 Å². The zero-order chi connectivity index (χ0) is 23.4. The summed E-state index contributed by atoms with van der Waals surface area (Å²) >= 11 is 12.4. The predicted octanol–water partition coefficient (Wildman–Crippen LogP) is 3.29. The molecule has 10 heteroatoms. The van der Waals surface area contributed by atoms with Gasteiger partial charge < -0.3 is 9.47 Å². The third-order valence-electron chi connectivity index (χ3n) is 5.51. The first kappa shape index (κ1) is 24.2. The molecule has 0 spiro atoms. The monoisotopic (exact) mass is 482 g/mol. The summed E-state index contributed by atoms with van der Waals surface area (Å²) in [5.41, 5.74) is -0.577. The van der Waals surface area contributed by atoms with Crippen molar-refractivity contribution in [2.45, 2.75) is 58.0 Å². The highest BCUT2D eigenvalue weighted by Gasteiger charge is 2.43. The minimum Gasteiger partial charge on any atom is -0.460 e. The number of hydrogen-bond acceptors (Lipinski definition) is 6. The van der Waals surface area contributed by atoms with Crippen LogP contribution < -0.4 is 11.2 Å². The van der Waals surface area contributed by atoms with Gasteiger partial charge in [-0.2, -0.15) is 0 Å². The van der Waals surface area contributed by atoms with Crippen LogP contribution in [0.2, 0.25) is 10.0 Å². The molecule has 1 N–H and O–H groups in total. The number of aromatic amines is 1. The molecule has 1 aromatic heterocycles. The molecule has 0 radical (unpaired) electrons. The van der Waals surface area contributed by atoms with E-state index in [1.807, 2.05) is 6.92 Å². The van der Waals surface area contributed by atoms with Gasteiger partial charge in [0.05, 0.1) is 0 Å². The van der Waals surface area contributed by atoms with Gasteiger partial charge in [0.25, 0.3) is 5.56 Å². The Morgan fingerprint density at radius 1 is 1.25 bits per heavy atom. The van der Waals surface area contributed by atoms with Crippen molar-refractivity contribution in [1.82, 2.24) is 9.55 Å². The van der Waals surface area contributed by atoms with Crippen LogP contribution in [-0.4, -0.2) is 33.5 Å². The lowest BCUT2D eigenvalue weighted by Gasteiger charge is -2.26. The molecular formula is C22H24Cl2N2O6. The molecule has 0 bridgehead atoms. The van der Waals surface area contributed by atoms with Crippen molar-refractivity contribution >= 4 is 35.0 Å². The molecule has 8 nitrogen and oxygen atoms in total. The number of aromatic nitrogens is 2. The van der Waals surface area contributed by atoms with Crippen molar-refractivity contribution in [3.63, 3.8) is 0 Å². The molecular weight excluding hydrogens is 459 g/mol. The first-order valence-corrected chi connectivity index (χ1v) is 11.0. The van der Waals surface area contributed by atoms with E-state index < -0.39 is 35.7 Å². The number of nitrogens with one attached hydrogen (secondary N) is 1. The molecule has 2 heterocycles. The third-order valence-corrected chi connectivity index (χ3v) is 6.22. The van der Waals surface area contributed by atoms with Crippen LogP contribution in [0.4, 0.5) is 0 Å². The Bertz CT molecular complexity index is 1090. The van der Waals surface area contributed by atoms with E-state index in [9.17, 15) is 19.2 Å². The lowest BCUT2D eigenvalue weighted by atomic mass is 9.88. The van der Waals surface area contributed by atoms with Gasteiger partial charge in [0.2, 0.25) is 0 Å². The third kappa shape index (κ3) is 5.68. The molecule has 3 rings (SSSR count). The molecule has 4 atom stereocenters.